The maximum atomic E-state index is 15.2. The van der Waals surface area contributed by atoms with Gasteiger partial charge in [-0.1, -0.05) is 38.4 Å². The predicted molar refractivity (Wildman–Crippen MR) is 111 cm³/mol. The molecule has 0 spiro atoms. The molecule has 0 atom stereocenters. The van der Waals surface area contributed by atoms with E-state index in [1.54, 1.807) is 20.8 Å². The van der Waals surface area contributed by atoms with Crippen LogP contribution in [0.3, 0.4) is 0 Å². The zero-order valence-corrected chi connectivity index (χ0v) is 18.3. The Morgan fingerprint density at radius 2 is 1.82 bits per heavy atom. The van der Waals surface area contributed by atoms with Crippen LogP contribution in [-0.4, -0.2) is 20.7 Å². The molecule has 0 aliphatic rings. The van der Waals surface area contributed by atoms with E-state index in [9.17, 15) is 27.2 Å². The van der Waals surface area contributed by atoms with Crippen LogP contribution in [0.25, 0.3) is 17.1 Å². The minimum Gasteiger partial charge on any atom is -0.351 e. The van der Waals surface area contributed by atoms with E-state index in [0.29, 0.717) is 10.7 Å². The molecule has 0 aliphatic carbocycles. The van der Waals surface area contributed by atoms with Crippen molar-refractivity contribution in [1.82, 2.24) is 20.1 Å². The average molecular weight is 489 g/mol. The summed E-state index contributed by atoms with van der Waals surface area (Å²) in [7, 11) is 0. The maximum Gasteiger partial charge on any atom is 0.416 e. The van der Waals surface area contributed by atoms with Crippen molar-refractivity contribution < 1.29 is 26.7 Å². The van der Waals surface area contributed by atoms with E-state index in [0.717, 1.165) is 6.07 Å². The largest absolute Gasteiger partial charge is 0.416 e. The zero-order chi connectivity index (χ0) is 24.7. The van der Waals surface area contributed by atoms with Gasteiger partial charge in [-0.3, -0.25) is 9.78 Å². The number of benzene rings is 2. The normalized spacial score (nSPS) is 12.2. The van der Waals surface area contributed by atoms with E-state index in [4.69, 9.17) is 11.6 Å². The second-order valence-electron chi connectivity index (χ2n) is 8.18. The SMILES string of the molecule is CC(C)(C)C(=O)NCc1ccc(Cl)c(-n2nc(-c3ccc(C(F)(F)F)cc3F)[nH]c2=O)c1F. The first kappa shape index (κ1) is 24.4. The fourth-order valence-electron chi connectivity index (χ4n) is 2.83. The predicted octanol–water partition coefficient (Wildman–Crippen LogP) is 4.84. The molecule has 12 heteroatoms. The fraction of sp³-hybridized carbons (Fsp3) is 0.286. The topological polar surface area (TPSA) is 79.8 Å². The molecular weight excluding hydrogens is 471 g/mol. The van der Waals surface area contributed by atoms with Crippen LogP contribution in [0.2, 0.25) is 5.02 Å². The summed E-state index contributed by atoms with van der Waals surface area (Å²) in [5.74, 6) is -3.00. The van der Waals surface area contributed by atoms with Gasteiger partial charge in [-0.05, 0) is 24.3 Å². The molecule has 3 aromatic rings. The monoisotopic (exact) mass is 488 g/mol. The molecule has 3 rings (SSSR count). The summed E-state index contributed by atoms with van der Waals surface area (Å²) >= 11 is 6.06. The summed E-state index contributed by atoms with van der Waals surface area (Å²) < 4.78 is 68.3. The van der Waals surface area contributed by atoms with Gasteiger partial charge in [-0.25, -0.2) is 13.6 Å². The van der Waals surface area contributed by atoms with Gasteiger partial charge in [-0.15, -0.1) is 5.10 Å². The molecule has 0 aliphatic heterocycles. The summed E-state index contributed by atoms with van der Waals surface area (Å²) in [4.78, 5) is 26.7. The van der Waals surface area contributed by atoms with Crippen LogP contribution >= 0.6 is 11.6 Å². The number of carbonyl (C=O) groups excluding carboxylic acids is 1. The number of hydrogen-bond donors (Lipinski definition) is 2. The molecule has 0 radical (unpaired) electrons. The minimum atomic E-state index is -4.76. The highest BCUT2D eigenvalue weighted by Gasteiger charge is 2.31. The Labute approximate surface area is 189 Å². The van der Waals surface area contributed by atoms with Gasteiger partial charge in [0.2, 0.25) is 5.91 Å². The van der Waals surface area contributed by atoms with Gasteiger partial charge in [0.15, 0.2) is 11.6 Å². The van der Waals surface area contributed by atoms with Crippen molar-refractivity contribution in [1.29, 1.82) is 0 Å². The number of amides is 1. The number of nitrogens with one attached hydrogen (secondary N) is 2. The summed E-state index contributed by atoms with van der Waals surface area (Å²) in [5, 5.41) is 6.18. The molecule has 1 aromatic heterocycles. The van der Waals surface area contributed by atoms with Crippen LogP contribution in [0.15, 0.2) is 35.1 Å². The molecule has 1 heterocycles. The number of halogens is 6. The number of H-pyrrole nitrogens is 1. The lowest BCUT2D eigenvalue weighted by molar-refractivity contribution is -0.137. The summed E-state index contributed by atoms with van der Waals surface area (Å²) in [6.45, 7) is 4.83. The summed E-state index contributed by atoms with van der Waals surface area (Å²) in [5.41, 5.74) is -3.82. The number of aromatic nitrogens is 3. The number of nitrogens with zero attached hydrogens (tertiary/aromatic N) is 2. The number of hydrogen-bond acceptors (Lipinski definition) is 3. The molecule has 176 valence electrons. The van der Waals surface area contributed by atoms with E-state index in [1.165, 1.54) is 12.1 Å². The maximum absolute atomic E-state index is 15.2. The van der Waals surface area contributed by atoms with Crippen molar-refractivity contribution in [3.05, 3.63) is 68.6 Å². The second kappa shape index (κ2) is 8.62. The van der Waals surface area contributed by atoms with Gasteiger partial charge in [-0.2, -0.15) is 17.9 Å². The Kier molecular flexibility index (Phi) is 6.38. The second-order valence-corrected chi connectivity index (χ2v) is 8.59. The van der Waals surface area contributed by atoms with Gasteiger partial charge >= 0.3 is 11.9 Å². The van der Waals surface area contributed by atoms with Crippen molar-refractivity contribution in [3.63, 3.8) is 0 Å². The first-order valence-electron chi connectivity index (χ1n) is 9.52. The smallest absolute Gasteiger partial charge is 0.351 e. The van der Waals surface area contributed by atoms with Gasteiger partial charge in [0, 0.05) is 17.5 Å². The van der Waals surface area contributed by atoms with E-state index in [2.05, 4.69) is 15.4 Å². The zero-order valence-electron chi connectivity index (χ0n) is 17.6. The van der Waals surface area contributed by atoms with Crippen molar-refractivity contribution >= 4 is 17.5 Å². The van der Waals surface area contributed by atoms with Crippen LogP contribution in [0.4, 0.5) is 22.0 Å². The third-order valence-corrected chi connectivity index (χ3v) is 4.95. The Bertz CT molecular complexity index is 1280. The molecule has 1 amide bonds. The molecule has 33 heavy (non-hydrogen) atoms. The van der Waals surface area contributed by atoms with Crippen LogP contribution < -0.4 is 11.0 Å². The van der Waals surface area contributed by atoms with Crippen molar-refractivity contribution in [2.45, 2.75) is 33.5 Å². The number of alkyl halides is 3. The number of carbonyl (C=O) groups is 1. The average Bonchev–Trinajstić information content (AvgIpc) is 3.06. The third-order valence-electron chi connectivity index (χ3n) is 4.65. The molecule has 6 nitrogen and oxygen atoms in total. The highest BCUT2D eigenvalue weighted by atomic mass is 35.5. The summed E-state index contributed by atoms with van der Waals surface area (Å²) in [6, 6.07) is 4.30. The Hall–Kier alpha value is -3.21. The van der Waals surface area contributed by atoms with Gasteiger partial charge in [0.25, 0.3) is 0 Å². The molecular formula is C21H18ClF5N4O2. The first-order chi connectivity index (χ1) is 15.2. The fourth-order valence-corrected chi connectivity index (χ4v) is 3.06. The minimum absolute atomic E-state index is 0.00385. The molecule has 0 fully saturated rings. The molecule has 0 bridgehead atoms. The highest BCUT2D eigenvalue weighted by molar-refractivity contribution is 6.32. The Morgan fingerprint density at radius 1 is 1.15 bits per heavy atom. The lowest BCUT2D eigenvalue weighted by atomic mass is 9.95. The van der Waals surface area contributed by atoms with Crippen LogP contribution in [0.5, 0.6) is 0 Å². The Morgan fingerprint density at radius 3 is 2.39 bits per heavy atom. The Balaban J connectivity index is 2.00. The van der Waals surface area contributed by atoms with Crippen LogP contribution in [-0.2, 0) is 17.5 Å². The standard InChI is InChI=1S/C21H18ClF5N4O2/c1-20(2,3)18(32)28-9-10-4-7-13(22)16(15(10)24)31-19(33)29-17(30-31)12-6-5-11(8-14(12)23)21(25,26)27/h4-8H,9H2,1-3H3,(H,28,32)(H,29,30,33). The molecule has 0 saturated carbocycles. The van der Waals surface area contributed by atoms with E-state index >= 15 is 4.39 Å². The van der Waals surface area contributed by atoms with Gasteiger partial charge < -0.3 is 5.32 Å². The van der Waals surface area contributed by atoms with E-state index in [-0.39, 0.29) is 29.1 Å². The molecule has 2 aromatic carbocycles. The molecule has 0 saturated heterocycles. The van der Waals surface area contributed by atoms with Crippen LogP contribution in [0.1, 0.15) is 31.9 Å². The summed E-state index contributed by atoms with van der Waals surface area (Å²) in [6.07, 6.45) is -4.76. The number of rotatable bonds is 4. The highest BCUT2D eigenvalue weighted by Crippen LogP contribution is 2.32. The van der Waals surface area contributed by atoms with E-state index < -0.39 is 51.6 Å². The van der Waals surface area contributed by atoms with Crippen molar-refractivity contribution in [3.8, 4) is 17.1 Å². The first-order valence-corrected chi connectivity index (χ1v) is 9.90. The van der Waals surface area contributed by atoms with Gasteiger partial charge in [0.05, 0.1) is 16.1 Å². The lowest BCUT2D eigenvalue weighted by Crippen LogP contribution is -2.34. The van der Waals surface area contributed by atoms with Crippen molar-refractivity contribution in [2.24, 2.45) is 5.41 Å². The van der Waals surface area contributed by atoms with Gasteiger partial charge in [0.1, 0.15) is 11.5 Å². The number of aromatic amines is 1. The molecule has 0 unspecified atom stereocenters. The van der Waals surface area contributed by atoms with Crippen molar-refractivity contribution in [2.75, 3.05) is 0 Å². The lowest BCUT2D eigenvalue weighted by Gasteiger charge is -2.18. The van der Waals surface area contributed by atoms with E-state index in [1.807, 2.05) is 0 Å². The third kappa shape index (κ3) is 5.08. The molecule has 2 N–H and O–H groups in total. The quantitative estimate of drug-likeness (QED) is 0.516. The van der Waals surface area contributed by atoms with Crippen LogP contribution in [0, 0.1) is 17.0 Å².